The molecule has 3 rings (SSSR count). The van der Waals surface area contributed by atoms with E-state index in [0.29, 0.717) is 34.3 Å². The number of hydrogen-bond acceptors (Lipinski definition) is 7. The van der Waals surface area contributed by atoms with Crippen molar-refractivity contribution >= 4 is 46.2 Å². The van der Waals surface area contributed by atoms with E-state index in [1.807, 2.05) is 39.0 Å². The van der Waals surface area contributed by atoms with Crippen LogP contribution in [0.15, 0.2) is 47.4 Å². The van der Waals surface area contributed by atoms with Crippen LogP contribution in [0.3, 0.4) is 0 Å². The van der Waals surface area contributed by atoms with Crippen LogP contribution in [0.4, 0.5) is 0 Å². The van der Waals surface area contributed by atoms with Crippen LogP contribution in [-0.2, 0) is 4.79 Å². The molecule has 1 N–H and O–H groups in total. The fourth-order valence-electron chi connectivity index (χ4n) is 2.86. The Kier molecular flexibility index (Phi) is 7.76. The molecular formula is C23H24N2O5S2. The number of nitrogens with one attached hydrogen (secondary N) is 1. The molecule has 0 unspecified atom stereocenters. The van der Waals surface area contributed by atoms with E-state index in [0.717, 1.165) is 22.3 Å². The van der Waals surface area contributed by atoms with Crippen molar-refractivity contribution in [1.29, 1.82) is 0 Å². The number of amides is 2. The quantitative estimate of drug-likeness (QED) is 0.450. The summed E-state index contributed by atoms with van der Waals surface area (Å²) in [4.78, 5) is 25.8. The van der Waals surface area contributed by atoms with E-state index in [2.05, 4.69) is 5.43 Å². The van der Waals surface area contributed by atoms with E-state index in [4.69, 9.17) is 26.4 Å². The van der Waals surface area contributed by atoms with E-state index in [9.17, 15) is 9.59 Å². The average Bonchev–Trinajstić information content (AvgIpc) is 3.02. The topological polar surface area (TPSA) is 77.1 Å². The zero-order valence-corrected chi connectivity index (χ0v) is 19.8. The van der Waals surface area contributed by atoms with Gasteiger partial charge in [-0.2, -0.15) is 5.01 Å². The molecule has 1 fully saturated rings. The lowest BCUT2D eigenvalue weighted by molar-refractivity contribution is -0.123. The molecule has 0 spiro atoms. The van der Waals surface area contributed by atoms with Gasteiger partial charge in [0.2, 0.25) is 0 Å². The number of carbonyl (C=O) groups excluding carboxylic acids is 2. The summed E-state index contributed by atoms with van der Waals surface area (Å²) < 4.78 is 16.8. The van der Waals surface area contributed by atoms with Gasteiger partial charge in [0.15, 0.2) is 15.8 Å². The lowest BCUT2D eigenvalue weighted by atomic mass is 10.2. The molecular weight excluding hydrogens is 448 g/mol. The lowest BCUT2D eigenvalue weighted by Gasteiger charge is -2.16. The third-order valence-electron chi connectivity index (χ3n) is 4.29. The minimum atomic E-state index is -0.445. The first-order valence-corrected chi connectivity index (χ1v) is 11.2. The van der Waals surface area contributed by atoms with Crippen molar-refractivity contribution < 1.29 is 23.8 Å². The number of methoxy groups -OCH3 is 1. The predicted molar refractivity (Wildman–Crippen MR) is 129 cm³/mol. The molecule has 1 saturated heterocycles. The lowest BCUT2D eigenvalue weighted by Crippen LogP contribution is -2.44. The van der Waals surface area contributed by atoms with Crippen LogP contribution in [0.1, 0.15) is 36.7 Å². The van der Waals surface area contributed by atoms with Gasteiger partial charge in [-0.3, -0.25) is 15.0 Å². The minimum absolute atomic E-state index is 0.00520. The fraction of sp³-hybridized carbons (Fsp3) is 0.261. The molecule has 0 bridgehead atoms. The number of thiocarbonyl (C=S) groups is 1. The van der Waals surface area contributed by atoms with Crippen molar-refractivity contribution in [3.05, 3.63) is 58.5 Å². The molecule has 0 aliphatic carbocycles. The SMILES string of the molecule is CCOc1cc(/C=C2/SC(=S)N(NC(=O)c3ccc(OC)cc3)C2=O)ccc1OC(C)C. The van der Waals surface area contributed by atoms with Crippen molar-refractivity contribution in [3.8, 4) is 17.2 Å². The van der Waals surface area contributed by atoms with Crippen LogP contribution in [0, 0.1) is 0 Å². The standard InChI is InChI=1S/C23H24N2O5S2/c1-5-29-19-12-15(6-11-18(19)30-14(2)3)13-20-22(27)25(23(31)32-20)24-21(26)16-7-9-17(28-4)10-8-16/h6-14H,5H2,1-4H3,(H,24,26)/b20-13+. The summed E-state index contributed by atoms with van der Waals surface area (Å²) in [5, 5.41) is 1.08. The molecule has 0 atom stereocenters. The smallest absolute Gasteiger partial charge is 0.285 e. The average molecular weight is 473 g/mol. The fourth-order valence-corrected chi connectivity index (χ4v) is 4.04. The molecule has 0 radical (unpaired) electrons. The van der Waals surface area contributed by atoms with Gasteiger partial charge in [0.05, 0.1) is 24.7 Å². The van der Waals surface area contributed by atoms with E-state index in [1.54, 1.807) is 37.5 Å². The molecule has 32 heavy (non-hydrogen) atoms. The highest BCUT2D eigenvalue weighted by atomic mass is 32.2. The van der Waals surface area contributed by atoms with E-state index < -0.39 is 11.8 Å². The van der Waals surface area contributed by atoms with Gasteiger partial charge in [-0.15, -0.1) is 0 Å². The summed E-state index contributed by atoms with van der Waals surface area (Å²) in [6.07, 6.45) is 1.71. The molecule has 7 nitrogen and oxygen atoms in total. The molecule has 2 amide bonds. The number of ether oxygens (including phenoxy) is 3. The number of rotatable bonds is 8. The number of carbonyl (C=O) groups is 2. The molecule has 168 valence electrons. The summed E-state index contributed by atoms with van der Waals surface area (Å²) in [7, 11) is 1.55. The minimum Gasteiger partial charge on any atom is -0.497 e. The molecule has 2 aromatic carbocycles. The van der Waals surface area contributed by atoms with Crippen LogP contribution in [0.25, 0.3) is 6.08 Å². The number of hydrogen-bond donors (Lipinski definition) is 1. The van der Waals surface area contributed by atoms with Crippen molar-refractivity contribution in [2.45, 2.75) is 26.9 Å². The van der Waals surface area contributed by atoms with Crippen molar-refractivity contribution in [2.75, 3.05) is 13.7 Å². The van der Waals surface area contributed by atoms with Crippen LogP contribution in [0.2, 0.25) is 0 Å². The first-order chi connectivity index (χ1) is 15.3. The highest BCUT2D eigenvalue weighted by Gasteiger charge is 2.33. The summed E-state index contributed by atoms with van der Waals surface area (Å²) in [6.45, 7) is 6.25. The molecule has 2 aromatic rings. The highest BCUT2D eigenvalue weighted by Crippen LogP contribution is 2.34. The second-order valence-electron chi connectivity index (χ2n) is 6.99. The molecule has 9 heteroatoms. The Balaban J connectivity index is 1.77. The summed E-state index contributed by atoms with van der Waals surface area (Å²) in [6, 6.07) is 12.0. The number of nitrogens with zero attached hydrogens (tertiary/aromatic N) is 1. The Bertz CT molecular complexity index is 1050. The summed E-state index contributed by atoms with van der Waals surface area (Å²) >= 11 is 6.42. The van der Waals surface area contributed by atoms with E-state index >= 15 is 0 Å². The molecule has 0 aromatic heterocycles. The summed E-state index contributed by atoms with van der Waals surface area (Å²) in [5.41, 5.74) is 3.70. The third kappa shape index (κ3) is 5.60. The van der Waals surface area contributed by atoms with Gasteiger partial charge >= 0.3 is 0 Å². The van der Waals surface area contributed by atoms with Gasteiger partial charge in [0, 0.05) is 5.56 Å². The van der Waals surface area contributed by atoms with Gasteiger partial charge < -0.3 is 14.2 Å². The van der Waals surface area contributed by atoms with Gasteiger partial charge in [-0.05, 0) is 81.0 Å². The normalized spacial score (nSPS) is 14.8. The maximum Gasteiger partial charge on any atom is 0.285 e. The third-order valence-corrected chi connectivity index (χ3v) is 5.59. The van der Waals surface area contributed by atoms with Crippen LogP contribution >= 0.6 is 24.0 Å². The Morgan fingerprint density at radius 3 is 2.53 bits per heavy atom. The second-order valence-corrected chi connectivity index (χ2v) is 8.67. The Morgan fingerprint density at radius 2 is 1.91 bits per heavy atom. The number of benzene rings is 2. The number of thioether (sulfide) groups is 1. The molecule has 1 aliphatic rings. The monoisotopic (exact) mass is 472 g/mol. The molecule has 1 aliphatic heterocycles. The molecule has 1 heterocycles. The second kappa shape index (κ2) is 10.5. The van der Waals surface area contributed by atoms with Gasteiger partial charge in [0.1, 0.15) is 5.75 Å². The van der Waals surface area contributed by atoms with Crippen molar-refractivity contribution in [1.82, 2.24) is 10.4 Å². The maximum atomic E-state index is 12.9. The zero-order valence-electron chi connectivity index (χ0n) is 18.2. The van der Waals surface area contributed by atoms with Gasteiger partial charge in [-0.25, -0.2) is 0 Å². The van der Waals surface area contributed by atoms with Crippen LogP contribution in [0.5, 0.6) is 17.2 Å². The van der Waals surface area contributed by atoms with Gasteiger partial charge in [0.25, 0.3) is 11.8 Å². The zero-order chi connectivity index (χ0) is 23.3. The van der Waals surface area contributed by atoms with Crippen LogP contribution < -0.4 is 19.6 Å². The van der Waals surface area contributed by atoms with E-state index in [1.165, 1.54) is 0 Å². The Labute approximate surface area is 196 Å². The van der Waals surface area contributed by atoms with Crippen molar-refractivity contribution in [2.24, 2.45) is 0 Å². The Morgan fingerprint density at radius 1 is 1.19 bits per heavy atom. The van der Waals surface area contributed by atoms with Gasteiger partial charge in [-0.1, -0.05) is 17.8 Å². The first-order valence-electron chi connectivity index (χ1n) is 9.98. The highest BCUT2D eigenvalue weighted by molar-refractivity contribution is 8.26. The predicted octanol–water partition coefficient (Wildman–Crippen LogP) is 4.43. The largest absolute Gasteiger partial charge is 0.497 e. The van der Waals surface area contributed by atoms with Crippen molar-refractivity contribution in [3.63, 3.8) is 0 Å². The Hall–Kier alpha value is -3.04. The van der Waals surface area contributed by atoms with Crippen LogP contribution in [-0.4, -0.2) is 41.0 Å². The number of hydrazine groups is 1. The molecule has 0 saturated carbocycles. The van der Waals surface area contributed by atoms with E-state index in [-0.39, 0.29) is 10.4 Å². The summed E-state index contributed by atoms with van der Waals surface area (Å²) in [5.74, 6) is 1.02. The maximum absolute atomic E-state index is 12.9. The first kappa shape index (κ1) is 23.6.